The van der Waals surface area contributed by atoms with Crippen LogP contribution in [0.25, 0.3) is 0 Å². The highest BCUT2D eigenvalue weighted by atomic mass is 32.2. The first kappa shape index (κ1) is 20.1. The topological polar surface area (TPSA) is 69.8 Å². The lowest BCUT2D eigenvalue weighted by Crippen LogP contribution is -2.59. The predicted octanol–water partition coefficient (Wildman–Crippen LogP) is 3.21. The summed E-state index contributed by atoms with van der Waals surface area (Å²) in [5.74, 6) is 0.902. The minimum Gasteiger partial charge on any atom is -0.465 e. The van der Waals surface area contributed by atoms with Gasteiger partial charge in [-0.05, 0) is 24.0 Å². The molecule has 0 bridgehead atoms. The number of nitrogens with zero attached hydrogens (tertiary/aromatic N) is 2. The summed E-state index contributed by atoms with van der Waals surface area (Å²) in [6.07, 6.45) is 0.115. The van der Waals surface area contributed by atoms with Gasteiger partial charge in [0.1, 0.15) is 0 Å². The molecule has 140 valence electrons. The van der Waals surface area contributed by atoms with Gasteiger partial charge in [0, 0.05) is 48.9 Å². The quantitative estimate of drug-likeness (QED) is 0.758. The number of nitrogens with two attached hydrogens (primary N) is 1. The van der Waals surface area contributed by atoms with Gasteiger partial charge in [-0.1, -0.05) is 39.0 Å². The Morgan fingerprint density at radius 1 is 1.32 bits per heavy atom. The van der Waals surface area contributed by atoms with Gasteiger partial charge in [0.05, 0.1) is 0 Å². The van der Waals surface area contributed by atoms with Crippen LogP contribution in [-0.2, 0) is 0 Å². The maximum absolute atomic E-state index is 11.3. The fraction of sp³-hybridized carbons (Fsp3) is 0.632. The number of carbonyl (C=O) groups is 1. The molecule has 6 heteroatoms. The largest absolute Gasteiger partial charge is 0.465 e. The lowest BCUT2D eigenvalue weighted by atomic mass is 9.84. The van der Waals surface area contributed by atoms with Crippen LogP contribution >= 0.6 is 11.8 Å². The molecule has 0 saturated carbocycles. The predicted molar refractivity (Wildman–Crippen MR) is 104 cm³/mol. The Morgan fingerprint density at radius 2 is 2.00 bits per heavy atom. The smallest absolute Gasteiger partial charge is 0.407 e. The van der Waals surface area contributed by atoms with Crippen molar-refractivity contribution in [1.29, 1.82) is 0 Å². The van der Waals surface area contributed by atoms with Crippen LogP contribution < -0.4 is 5.73 Å². The van der Waals surface area contributed by atoms with Gasteiger partial charge in [-0.15, -0.1) is 11.8 Å². The molecule has 1 aromatic carbocycles. The third kappa shape index (κ3) is 6.20. The molecular formula is C19H31N3O2S. The van der Waals surface area contributed by atoms with E-state index in [4.69, 9.17) is 5.73 Å². The molecule has 0 spiro atoms. The molecule has 1 aromatic rings. The first-order valence-electron chi connectivity index (χ1n) is 8.92. The zero-order chi connectivity index (χ0) is 18.4. The molecule has 5 nitrogen and oxygen atoms in total. The summed E-state index contributed by atoms with van der Waals surface area (Å²) in [5.41, 5.74) is 6.36. The van der Waals surface area contributed by atoms with E-state index in [9.17, 15) is 9.90 Å². The summed E-state index contributed by atoms with van der Waals surface area (Å²) in [7, 11) is 0. The zero-order valence-electron chi connectivity index (χ0n) is 15.5. The van der Waals surface area contributed by atoms with Gasteiger partial charge < -0.3 is 15.7 Å². The van der Waals surface area contributed by atoms with Gasteiger partial charge in [0.15, 0.2) is 0 Å². The van der Waals surface area contributed by atoms with Crippen molar-refractivity contribution >= 4 is 17.9 Å². The van der Waals surface area contributed by atoms with Crippen molar-refractivity contribution in [3.8, 4) is 0 Å². The summed E-state index contributed by atoms with van der Waals surface area (Å²) in [5, 5.41) is 9.29. The van der Waals surface area contributed by atoms with Crippen LogP contribution in [0.1, 0.15) is 27.2 Å². The highest BCUT2D eigenvalue weighted by molar-refractivity contribution is 7.99. The van der Waals surface area contributed by atoms with Crippen molar-refractivity contribution in [1.82, 2.24) is 9.80 Å². The van der Waals surface area contributed by atoms with E-state index in [1.54, 1.807) is 11.8 Å². The standard InChI is InChI=1S/C19H31N3O2S/c1-19(2,3)17-13-22(18(23)24)12-11-21(17)10-9-15(20)14-25-16-7-5-4-6-8-16/h4-8,15,17H,9-14,20H2,1-3H3,(H,23,24)/t15-,17+/m1/s1. The summed E-state index contributed by atoms with van der Waals surface area (Å²) >= 11 is 1.80. The Bertz CT molecular complexity index is 547. The Kier molecular flexibility index (Phi) is 7.16. The minimum atomic E-state index is -0.815. The van der Waals surface area contributed by atoms with Gasteiger partial charge >= 0.3 is 6.09 Å². The monoisotopic (exact) mass is 365 g/mol. The van der Waals surface area contributed by atoms with Crippen LogP contribution in [0.5, 0.6) is 0 Å². The fourth-order valence-corrected chi connectivity index (χ4v) is 4.14. The zero-order valence-corrected chi connectivity index (χ0v) is 16.3. The van der Waals surface area contributed by atoms with Gasteiger partial charge in [-0.2, -0.15) is 0 Å². The van der Waals surface area contributed by atoms with Crippen LogP contribution in [-0.4, -0.2) is 65.0 Å². The molecule has 0 unspecified atom stereocenters. The second kappa shape index (κ2) is 8.92. The van der Waals surface area contributed by atoms with Crippen molar-refractivity contribution in [2.45, 2.75) is 44.2 Å². The van der Waals surface area contributed by atoms with Crippen LogP contribution in [0.2, 0.25) is 0 Å². The Morgan fingerprint density at radius 3 is 2.60 bits per heavy atom. The molecule has 2 atom stereocenters. The number of piperazine rings is 1. The summed E-state index contributed by atoms with van der Waals surface area (Å²) < 4.78 is 0. The SMILES string of the molecule is CC(C)(C)[C@@H]1CN(C(=O)O)CCN1CC[C@@H](N)CSc1ccccc1. The van der Waals surface area contributed by atoms with E-state index < -0.39 is 6.09 Å². The molecule has 0 aromatic heterocycles. The first-order chi connectivity index (χ1) is 11.8. The van der Waals surface area contributed by atoms with Crippen molar-refractivity contribution in [3.63, 3.8) is 0 Å². The number of thioether (sulfide) groups is 1. The second-order valence-corrected chi connectivity index (χ2v) is 8.91. The molecule has 1 heterocycles. The molecule has 2 rings (SSSR count). The number of amides is 1. The minimum absolute atomic E-state index is 0.0387. The van der Waals surface area contributed by atoms with Gasteiger partial charge in [0.25, 0.3) is 0 Å². The Hall–Kier alpha value is -1.24. The van der Waals surface area contributed by atoms with E-state index in [0.29, 0.717) is 13.1 Å². The molecule has 1 fully saturated rings. The molecule has 1 aliphatic heterocycles. The Balaban J connectivity index is 1.84. The number of hydrogen-bond donors (Lipinski definition) is 2. The summed E-state index contributed by atoms with van der Waals surface area (Å²) in [6.45, 7) is 9.41. The van der Waals surface area contributed by atoms with Crippen LogP contribution in [0.4, 0.5) is 4.79 Å². The van der Waals surface area contributed by atoms with Crippen molar-refractivity contribution < 1.29 is 9.90 Å². The van der Waals surface area contributed by atoms with Gasteiger partial charge in [0.2, 0.25) is 0 Å². The molecule has 3 N–H and O–H groups in total. The average Bonchev–Trinajstić information content (AvgIpc) is 2.58. The van der Waals surface area contributed by atoms with E-state index in [0.717, 1.165) is 25.3 Å². The third-order valence-corrected chi connectivity index (χ3v) is 5.96. The Labute approximate surface area is 155 Å². The number of carboxylic acid groups (broad SMARTS) is 1. The highest BCUT2D eigenvalue weighted by Gasteiger charge is 2.36. The van der Waals surface area contributed by atoms with Crippen LogP contribution in [0, 0.1) is 5.41 Å². The van der Waals surface area contributed by atoms with E-state index in [-0.39, 0.29) is 17.5 Å². The molecule has 1 amide bonds. The maximum Gasteiger partial charge on any atom is 0.407 e. The van der Waals surface area contributed by atoms with Crippen molar-refractivity contribution in [2.24, 2.45) is 11.1 Å². The number of benzene rings is 1. The van der Waals surface area contributed by atoms with Crippen molar-refractivity contribution in [2.75, 3.05) is 31.9 Å². The van der Waals surface area contributed by atoms with E-state index in [1.165, 1.54) is 9.80 Å². The van der Waals surface area contributed by atoms with E-state index in [1.807, 2.05) is 18.2 Å². The van der Waals surface area contributed by atoms with Crippen LogP contribution in [0.3, 0.4) is 0 Å². The lowest BCUT2D eigenvalue weighted by Gasteiger charge is -2.46. The average molecular weight is 366 g/mol. The molecule has 0 aliphatic carbocycles. The lowest BCUT2D eigenvalue weighted by molar-refractivity contribution is 0.0186. The summed E-state index contributed by atoms with van der Waals surface area (Å²) in [6, 6.07) is 10.7. The van der Waals surface area contributed by atoms with Crippen molar-refractivity contribution in [3.05, 3.63) is 30.3 Å². The number of hydrogen-bond acceptors (Lipinski definition) is 4. The number of rotatable bonds is 6. The van der Waals surface area contributed by atoms with Gasteiger partial charge in [-0.3, -0.25) is 4.90 Å². The maximum atomic E-state index is 11.3. The third-order valence-electron chi connectivity index (χ3n) is 4.76. The fourth-order valence-electron chi connectivity index (χ4n) is 3.22. The summed E-state index contributed by atoms with van der Waals surface area (Å²) in [4.78, 5) is 16.5. The van der Waals surface area contributed by atoms with Gasteiger partial charge in [-0.25, -0.2) is 4.79 Å². The van der Waals surface area contributed by atoms with Crippen LogP contribution in [0.15, 0.2) is 35.2 Å². The molecule has 1 saturated heterocycles. The van der Waals surface area contributed by atoms with E-state index >= 15 is 0 Å². The molecule has 0 radical (unpaired) electrons. The normalized spacial score (nSPS) is 20.5. The van der Waals surface area contributed by atoms with E-state index in [2.05, 4.69) is 37.8 Å². The second-order valence-electron chi connectivity index (χ2n) is 7.82. The molecule has 25 heavy (non-hydrogen) atoms. The molecular weight excluding hydrogens is 334 g/mol. The first-order valence-corrected chi connectivity index (χ1v) is 9.91. The molecule has 1 aliphatic rings. The highest BCUT2D eigenvalue weighted by Crippen LogP contribution is 2.28.